The number of guanidine groups is 1. The fraction of sp³-hybridized carbons (Fsp3) is 0.632. The number of benzene rings is 1. The number of hydrogen-bond acceptors (Lipinski definition) is 3. The van der Waals surface area contributed by atoms with Crippen molar-refractivity contribution in [1.29, 1.82) is 0 Å². The van der Waals surface area contributed by atoms with Gasteiger partial charge in [0.1, 0.15) is 5.82 Å². The molecule has 0 saturated heterocycles. The molecule has 5 nitrogen and oxygen atoms in total. The molecule has 0 amide bonds. The van der Waals surface area contributed by atoms with Gasteiger partial charge >= 0.3 is 0 Å². The summed E-state index contributed by atoms with van der Waals surface area (Å²) in [5.74, 6) is 1.07. The van der Waals surface area contributed by atoms with Crippen LogP contribution in [0.15, 0.2) is 23.2 Å². The average molecular weight is 353 g/mol. The van der Waals surface area contributed by atoms with Gasteiger partial charge in [-0.05, 0) is 37.0 Å². The van der Waals surface area contributed by atoms with Crippen molar-refractivity contribution in [2.45, 2.75) is 40.3 Å². The van der Waals surface area contributed by atoms with Crippen LogP contribution in [-0.4, -0.2) is 39.4 Å². The van der Waals surface area contributed by atoms with Crippen LogP contribution in [0.25, 0.3) is 0 Å². The van der Waals surface area contributed by atoms with Gasteiger partial charge < -0.3 is 20.1 Å². The van der Waals surface area contributed by atoms with Crippen LogP contribution in [0.3, 0.4) is 0 Å². The van der Waals surface area contributed by atoms with E-state index in [0.717, 1.165) is 44.2 Å². The Balaban J connectivity index is 2.48. The maximum atomic E-state index is 13.6. The molecular formula is C19H32FN3O2. The number of hydrogen-bond donors (Lipinski definition) is 2. The SMILES string of the molecule is CCNC(=NCc1ccc(F)c(COC)c1)NCCCOCC(C)C. The number of nitrogens with zero attached hydrogens (tertiary/aromatic N) is 1. The van der Waals surface area contributed by atoms with Crippen LogP contribution in [0, 0.1) is 11.7 Å². The highest BCUT2D eigenvalue weighted by Crippen LogP contribution is 2.12. The molecule has 1 aromatic rings. The number of methoxy groups -OCH3 is 1. The molecule has 0 heterocycles. The van der Waals surface area contributed by atoms with Crippen molar-refractivity contribution in [2.24, 2.45) is 10.9 Å². The van der Waals surface area contributed by atoms with E-state index in [4.69, 9.17) is 9.47 Å². The standard InChI is InChI=1S/C19H32FN3O2/c1-5-21-19(22-9-6-10-25-13-15(2)3)23-12-16-7-8-18(20)17(11-16)14-24-4/h7-8,11,15H,5-6,9-10,12-14H2,1-4H3,(H2,21,22,23). The predicted molar refractivity (Wildman–Crippen MR) is 100 cm³/mol. The third-order valence-electron chi connectivity index (χ3n) is 3.38. The van der Waals surface area contributed by atoms with Crippen molar-refractivity contribution in [1.82, 2.24) is 10.6 Å². The van der Waals surface area contributed by atoms with Crippen LogP contribution in [-0.2, 0) is 22.6 Å². The Kier molecular flexibility index (Phi) is 10.8. The van der Waals surface area contributed by atoms with E-state index in [0.29, 0.717) is 18.0 Å². The first-order chi connectivity index (χ1) is 12.1. The number of ether oxygens (including phenoxy) is 2. The van der Waals surface area contributed by atoms with Gasteiger partial charge in [0.05, 0.1) is 13.2 Å². The molecule has 0 aliphatic heterocycles. The van der Waals surface area contributed by atoms with Crippen molar-refractivity contribution >= 4 is 5.96 Å². The second kappa shape index (κ2) is 12.7. The minimum atomic E-state index is -0.249. The Morgan fingerprint density at radius 3 is 2.76 bits per heavy atom. The van der Waals surface area contributed by atoms with E-state index in [2.05, 4.69) is 29.5 Å². The number of halogens is 1. The van der Waals surface area contributed by atoms with E-state index in [-0.39, 0.29) is 12.4 Å². The highest BCUT2D eigenvalue weighted by Gasteiger charge is 2.04. The maximum Gasteiger partial charge on any atom is 0.191 e. The van der Waals surface area contributed by atoms with Gasteiger partial charge in [0.25, 0.3) is 0 Å². The Morgan fingerprint density at radius 1 is 1.28 bits per heavy atom. The molecule has 0 bridgehead atoms. The minimum absolute atomic E-state index is 0.249. The average Bonchev–Trinajstić information content (AvgIpc) is 2.58. The lowest BCUT2D eigenvalue weighted by Gasteiger charge is -2.12. The molecule has 0 unspecified atom stereocenters. The van der Waals surface area contributed by atoms with Crippen molar-refractivity contribution in [3.63, 3.8) is 0 Å². The summed E-state index contributed by atoms with van der Waals surface area (Å²) in [4.78, 5) is 4.55. The highest BCUT2D eigenvalue weighted by molar-refractivity contribution is 5.79. The molecule has 2 N–H and O–H groups in total. The molecular weight excluding hydrogens is 321 g/mol. The lowest BCUT2D eigenvalue weighted by Crippen LogP contribution is -2.38. The summed E-state index contributed by atoms with van der Waals surface area (Å²) in [7, 11) is 1.56. The summed E-state index contributed by atoms with van der Waals surface area (Å²) >= 11 is 0. The summed E-state index contributed by atoms with van der Waals surface area (Å²) in [6.45, 7) is 10.2. The zero-order valence-corrected chi connectivity index (χ0v) is 15.9. The molecule has 0 aromatic heterocycles. The summed E-state index contributed by atoms with van der Waals surface area (Å²) in [5, 5.41) is 6.50. The van der Waals surface area contributed by atoms with Crippen molar-refractivity contribution in [3.8, 4) is 0 Å². The van der Waals surface area contributed by atoms with Crippen molar-refractivity contribution in [2.75, 3.05) is 33.4 Å². The fourth-order valence-electron chi connectivity index (χ4n) is 2.20. The van der Waals surface area contributed by atoms with E-state index >= 15 is 0 Å². The van der Waals surface area contributed by atoms with Gasteiger partial charge in [-0.25, -0.2) is 9.38 Å². The van der Waals surface area contributed by atoms with Crippen molar-refractivity contribution < 1.29 is 13.9 Å². The molecule has 6 heteroatoms. The predicted octanol–water partition coefficient (Wildman–Crippen LogP) is 3.09. The molecule has 0 aliphatic rings. The lowest BCUT2D eigenvalue weighted by molar-refractivity contribution is 0.108. The molecule has 0 atom stereocenters. The summed E-state index contributed by atoms with van der Waals surface area (Å²) < 4.78 is 24.2. The van der Waals surface area contributed by atoms with Crippen LogP contribution in [0.1, 0.15) is 38.3 Å². The molecule has 1 rings (SSSR count). The van der Waals surface area contributed by atoms with E-state index in [9.17, 15) is 4.39 Å². The largest absolute Gasteiger partial charge is 0.381 e. The molecule has 1 aromatic carbocycles. The first-order valence-electron chi connectivity index (χ1n) is 8.93. The first-order valence-corrected chi connectivity index (χ1v) is 8.93. The quantitative estimate of drug-likeness (QED) is 0.365. The molecule has 0 aliphatic carbocycles. The van der Waals surface area contributed by atoms with Gasteiger partial charge in [-0.15, -0.1) is 0 Å². The topological polar surface area (TPSA) is 54.9 Å². The smallest absolute Gasteiger partial charge is 0.191 e. The highest BCUT2D eigenvalue weighted by atomic mass is 19.1. The first kappa shape index (κ1) is 21.4. The second-order valence-corrected chi connectivity index (χ2v) is 6.30. The monoisotopic (exact) mass is 353 g/mol. The van der Waals surface area contributed by atoms with Crippen LogP contribution in [0.5, 0.6) is 0 Å². The van der Waals surface area contributed by atoms with Crippen LogP contribution in [0.2, 0.25) is 0 Å². The van der Waals surface area contributed by atoms with E-state index in [1.165, 1.54) is 6.07 Å². The molecule has 0 fully saturated rings. The minimum Gasteiger partial charge on any atom is -0.381 e. The van der Waals surface area contributed by atoms with Gasteiger partial charge in [-0.3, -0.25) is 0 Å². The molecule has 0 spiro atoms. The second-order valence-electron chi connectivity index (χ2n) is 6.30. The third kappa shape index (κ3) is 9.41. The van der Waals surface area contributed by atoms with Crippen LogP contribution < -0.4 is 10.6 Å². The molecule has 0 saturated carbocycles. The number of rotatable bonds is 11. The molecule has 142 valence electrons. The number of aliphatic imine (C=N–C) groups is 1. The van der Waals surface area contributed by atoms with Gasteiger partial charge in [0.15, 0.2) is 5.96 Å². The summed E-state index contributed by atoms with van der Waals surface area (Å²) in [5.41, 5.74) is 1.50. The van der Waals surface area contributed by atoms with Gasteiger partial charge in [0, 0.05) is 39.0 Å². The van der Waals surface area contributed by atoms with E-state index in [1.54, 1.807) is 19.2 Å². The Bertz CT molecular complexity index is 521. The molecule has 25 heavy (non-hydrogen) atoms. The zero-order chi connectivity index (χ0) is 18.5. The maximum absolute atomic E-state index is 13.6. The van der Waals surface area contributed by atoms with E-state index in [1.807, 2.05) is 6.92 Å². The fourth-order valence-corrected chi connectivity index (χ4v) is 2.20. The Hall–Kier alpha value is -1.66. The lowest BCUT2D eigenvalue weighted by atomic mass is 10.1. The summed E-state index contributed by atoms with van der Waals surface area (Å²) in [6, 6.07) is 5.01. The van der Waals surface area contributed by atoms with Crippen LogP contribution in [0.4, 0.5) is 4.39 Å². The van der Waals surface area contributed by atoms with E-state index < -0.39 is 0 Å². The zero-order valence-electron chi connectivity index (χ0n) is 15.9. The Labute approximate surface area is 151 Å². The Morgan fingerprint density at radius 2 is 2.08 bits per heavy atom. The normalized spacial score (nSPS) is 11.8. The van der Waals surface area contributed by atoms with Gasteiger partial charge in [0.2, 0.25) is 0 Å². The van der Waals surface area contributed by atoms with Gasteiger partial charge in [-0.1, -0.05) is 19.9 Å². The van der Waals surface area contributed by atoms with Gasteiger partial charge in [-0.2, -0.15) is 0 Å². The van der Waals surface area contributed by atoms with Crippen LogP contribution >= 0.6 is 0 Å². The summed E-state index contributed by atoms with van der Waals surface area (Å²) in [6.07, 6.45) is 0.922. The third-order valence-corrected chi connectivity index (χ3v) is 3.38. The number of nitrogens with one attached hydrogen (secondary N) is 2. The van der Waals surface area contributed by atoms with Crippen molar-refractivity contribution in [3.05, 3.63) is 35.1 Å². The molecule has 0 radical (unpaired) electrons.